The summed E-state index contributed by atoms with van der Waals surface area (Å²) in [5.74, 6) is -3.33. The van der Waals surface area contributed by atoms with Crippen molar-refractivity contribution in [2.45, 2.75) is 41.1 Å². The van der Waals surface area contributed by atoms with Gasteiger partial charge in [0.1, 0.15) is 15.4 Å². The van der Waals surface area contributed by atoms with Crippen molar-refractivity contribution in [1.29, 1.82) is 0 Å². The lowest BCUT2D eigenvalue weighted by atomic mass is 9.97. The molecule has 1 aliphatic heterocycles. The summed E-state index contributed by atoms with van der Waals surface area (Å²) >= 11 is 0.644. The Morgan fingerprint density at radius 2 is 1.88 bits per heavy atom. The molecule has 2 N–H and O–H groups in total. The third-order valence-corrected chi connectivity index (χ3v) is 10.6. The highest BCUT2D eigenvalue weighted by Crippen LogP contribution is 2.53. The van der Waals surface area contributed by atoms with Crippen LogP contribution in [0.3, 0.4) is 0 Å². The van der Waals surface area contributed by atoms with Gasteiger partial charge < -0.3 is 19.4 Å². The van der Waals surface area contributed by atoms with Crippen LogP contribution in [-0.4, -0.2) is 79.1 Å². The lowest BCUT2D eigenvalue weighted by Crippen LogP contribution is -2.47. The molecule has 2 atom stereocenters. The third kappa shape index (κ3) is 6.03. The molecular formula is C26H27F3N4O6S2. The minimum Gasteiger partial charge on any atom is -0.480 e. The number of amides is 1. The van der Waals surface area contributed by atoms with Crippen LogP contribution in [0.15, 0.2) is 51.2 Å². The maximum Gasteiger partial charge on any atom is 0.452 e. The highest BCUT2D eigenvalue weighted by molar-refractivity contribution is 7.91. The number of hydrogen-bond donors (Lipinski definition) is 2. The summed E-state index contributed by atoms with van der Waals surface area (Å²) in [6.45, 7) is 2.89. The molecule has 0 bridgehead atoms. The minimum atomic E-state index is -4.75. The van der Waals surface area contributed by atoms with Gasteiger partial charge in [0.05, 0.1) is 4.88 Å². The predicted molar refractivity (Wildman–Crippen MR) is 142 cm³/mol. The highest BCUT2D eigenvalue weighted by Gasteiger charge is 2.63. The number of carbonyl (C=O) groups is 2. The molecule has 0 spiro atoms. The van der Waals surface area contributed by atoms with Gasteiger partial charge in [0, 0.05) is 44.6 Å². The topological polar surface area (TPSA) is 133 Å². The molecule has 1 saturated carbocycles. The number of rotatable bonds is 9. The van der Waals surface area contributed by atoms with E-state index in [0.717, 1.165) is 18.7 Å². The number of piperazine rings is 1. The number of carboxylic acids is 1. The molecule has 220 valence electrons. The first-order chi connectivity index (χ1) is 19.3. The summed E-state index contributed by atoms with van der Waals surface area (Å²) < 4.78 is 71.4. The number of aromatic nitrogens is 1. The molecule has 10 nitrogen and oxygen atoms in total. The minimum absolute atomic E-state index is 0.00143. The second kappa shape index (κ2) is 10.9. The van der Waals surface area contributed by atoms with Crippen LogP contribution < -0.4 is 4.72 Å². The Labute approximate surface area is 237 Å². The van der Waals surface area contributed by atoms with E-state index < -0.39 is 39.4 Å². The number of sulfonamides is 1. The highest BCUT2D eigenvalue weighted by atomic mass is 32.2. The Balaban J connectivity index is 1.31. The van der Waals surface area contributed by atoms with E-state index in [1.807, 2.05) is 18.0 Å². The van der Waals surface area contributed by atoms with Crippen molar-refractivity contribution < 1.29 is 40.8 Å². The van der Waals surface area contributed by atoms with Gasteiger partial charge in [0.2, 0.25) is 11.7 Å². The summed E-state index contributed by atoms with van der Waals surface area (Å²) in [6, 6.07) is 10.2. The molecule has 3 heterocycles. The Bertz CT molecular complexity index is 1560. The fourth-order valence-corrected chi connectivity index (χ4v) is 7.67. The van der Waals surface area contributed by atoms with Crippen LogP contribution in [0, 0.1) is 0 Å². The van der Waals surface area contributed by atoms with Gasteiger partial charge in [-0.05, 0) is 43.1 Å². The average molecular weight is 613 g/mol. The molecule has 3 aromatic rings. The first-order valence-corrected chi connectivity index (χ1v) is 15.1. The van der Waals surface area contributed by atoms with Crippen LogP contribution in [0.25, 0.3) is 10.6 Å². The van der Waals surface area contributed by atoms with E-state index in [1.54, 1.807) is 18.2 Å². The molecule has 2 aliphatic rings. The van der Waals surface area contributed by atoms with E-state index in [9.17, 15) is 36.3 Å². The molecule has 1 aliphatic carbocycles. The number of alkyl halides is 3. The van der Waals surface area contributed by atoms with E-state index in [-0.39, 0.29) is 33.5 Å². The molecule has 1 amide bonds. The average Bonchev–Trinajstić information content (AvgIpc) is 3.27. The van der Waals surface area contributed by atoms with Gasteiger partial charge in [-0.3, -0.25) is 9.59 Å². The van der Waals surface area contributed by atoms with Gasteiger partial charge in [0.25, 0.3) is 10.0 Å². The van der Waals surface area contributed by atoms with E-state index in [2.05, 4.69) is 19.3 Å². The third-order valence-electron chi connectivity index (χ3n) is 7.44. The van der Waals surface area contributed by atoms with Crippen molar-refractivity contribution in [2.75, 3.05) is 33.2 Å². The van der Waals surface area contributed by atoms with E-state index >= 15 is 0 Å². The SMILES string of the molecule is CN1CCN(C(=O)CCc2ccccc2C2CC2(NS(=O)(=O)c2ccc(-c3cc(C(F)(F)F)on3)s2)C(=O)O)CC1. The van der Waals surface area contributed by atoms with E-state index in [4.69, 9.17) is 0 Å². The largest absolute Gasteiger partial charge is 0.480 e. The number of thiophene rings is 1. The van der Waals surface area contributed by atoms with E-state index in [0.29, 0.717) is 42.5 Å². The molecule has 15 heteroatoms. The van der Waals surface area contributed by atoms with Crippen molar-refractivity contribution in [1.82, 2.24) is 19.7 Å². The zero-order valence-corrected chi connectivity index (χ0v) is 23.5. The number of aryl methyl sites for hydroxylation is 1. The number of nitrogens with one attached hydrogen (secondary N) is 1. The zero-order chi connectivity index (χ0) is 29.6. The molecule has 1 aromatic carbocycles. The second-order valence-corrected chi connectivity index (χ2v) is 13.2. The number of carboxylic acid groups (broad SMARTS) is 1. The van der Waals surface area contributed by atoms with E-state index in [1.165, 1.54) is 12.1 Å². The van der Waals surface area contributed by atoms with Crippen molar-refractivity contribution in [3.8, 4) is 10.6 Å². The first-order valence-electron chi connectivity index (χ1n) is 12.8. The van der Waals surface area contributed by atoms with Gasteiger partial charge in [-0.15, -0.1) is 11.3 Å². The summed E-state index contributed by atoms with van der Waals surface area (Å²) in [6.07, 6.45) is -4.12. The van der Waals surface area contributed by atoms with Gasteiger partial charge >= 0.3 is 12.1 Å². The fourth-order valence-electron chi connectivity index (χ4n) is 5.01. The number of halogens is 3. The van der Waals surface area contributed by atoms with Crippen molar-refractivity contribution in [3.05, 3.63) is 59.4 Å². The van der Waals surface area contributed by atoms with Crippen LogP contribution in [0.5, 0.6) is 0 Å². The van der Waals surface area contributed by atoms with Gasteiger partial charge in [0.15, 0.2) is 0 Å². The Kier molecular flexibility index (Phi) is 7.74. The summed E-state index contributed by atoms with van der Waals surface area (Å²) in [5, 5.41) is 13.5. The molecule has 2 unspecified atom stereocenters. The quantitative estimate of drug-likeness (QED) is 0.376. The monoisotopic (exact) mass is 612 g/mol. The standard InChI is InChI=1S/C26H27F3N4O6S2/c1-32-10-12-33(13-11-32)22(34)8-6-16-4-2-3-5-17(16)18-15-25(18,24(35)36)31-41(37,38)23-9-7-20(40-23)19-14-21(39-30-19)26(27,28)29/h2-5,7,9,14,18,31H,6,8,10-13,15H2,1H3,(H,35,36). The first kappa shape index (κ1) is 29.2. The van der Waals surface area contributed by atoms with Crippen molar-refractivity contribution in [3.63, 3.8) is 0 Å². The number of likely N-dealkylation sites (N-methyl/N-ethyl adjacent to an activating group) is 1. The lowest BCUT2D eigenvalue weighted by molar-refractivity contribution is -0.155. The normalized spacial score (nSPS) is 21.7. The van der Waals surface area contributed by atoms with Gasteiger partial charge in [-0.25, -0.2) is 8.42 Å². The Hall–Kier alpha value is -3.27. The molecule has 41 heavy (non-hydrogen) atoms. The maximum atomic E-state index is 13.2. The fraction of sp³-hybridized carbons (Fsp3) is 0.423. The lowest BCUT2D eigenvalue weighted by Gasteiger charge is -2.32. The van der Waals surface area contributed by atoms with Crippen LogP contribution >= 0.6 is 11.3 Å². The van der Waals surface area contributed by atoms with Crippen LogP contribution in [-0.2, 0) is 32.2 Å². The summed E-state index contributed by atoms with van der Waals surface area (Å²) in [7, 11) is -2.37. The van der Waals surface area contributed by atoms with Crippen LogP contribution in [0.2, 0.25) is 0 Å². The summed E-state index contributed by atoms with van der Waals surface area (Å²) in [4.78, 5) is 29.2. The Morgan fingerprint density at radius 1 is 1.17 bits per heavy atom. The zero-order valence-electron chi connectivity index (χ0n) is 21.8. The van der Waals surface area contributed by atoms with Crippen LogP contribution in [0.4, 0.5) is 13.2 Å². The number of aliphatic carboxylic acids is 1. The van der Waals surface area contributed by atoms with Crippen molar-refractivity contribution >= 4 is 33.2 Å². The smallest absolute Gasteiger partial charge is 0.452 e. The maximum absolute atomic E-state index is 13.2. The molecule has 0 radical (unpaired) electrons. The second-order valence-electron chi connectivity index (χ2n) is 10.2. The van der Waals surface area contributed by atoms with Crippen LogP contribution in [0.1, 0.15) is 35.6 Å². The number of benzene rings is 1. The molecule has 2 fully saturated rings. The number of nitrogens with zero attached hydrogens (tertiary/aromatic N) is 3. The molecule has 2 aromatic heterocycles. The van der Waals surface area contributed by atoms with Crippen molar-refractivity contribution in [2.24, 2.45) is 0 Å². The Morgan fingerprint density at radius 3 is 2.54 bits per heavy atom. The summed E-state index contributed by atoms with van der Waals surface area (Å²) in [5.41, 5.74) is -0.580. The molecule has 1 saturated heterocycles. The van der Waals surface area contributed by atoms with Gasteiger partial charge in [-0.1, -0.05) is 29.4 Å². The molecule has 5 rings (SSSR count). The number of hydrogen-bond acceptors (Lipinski definition) is 8. The predicted octanol–water partition coefficient (Wildman–Crippen LogP) is 3.42. The van der Waals surface area contributed by atoms with Gasteiger partial charge in [-0.2, -0.15) is 17.9 Å². The molecular weight excluding hydrogens is 585 g/mol. The number of carbonyl (C=O) groups excluding carboxylic acids is 1.